The van der Waals surface area contributed by atoms with E-state index in [-0.39, 0.29) is 16.8 Å². The molecule has 0 atom stereocenters. The third-order valence-corrected chi connectivity index (χ3v) is 4.64. The standard InChI is InChI=1S/C14H8Cl2INO3/c15-7-5-9(12(17)10(16)6-7)13(19)18-11-4-2-1-3-8(11)14(20)21/h1-6H,(H,18,19)(H,20,21). The third kappa shape index (κ3) is 3.66. The molecule has 2 aromatic carbocycles. The van der Waals surface area contributed by atoms with Gasteiger partial charge in [-0.3, -0.25) is 4.79 Å². The summed E-state index contributed by atoms with van der Waals surface area (Å²) in [6.07, 6.45) is 0. The fraction of sp³-hybridized carbons (Fsp3) is 0. The Morgan fingerprint density at radius 1 is 1.10 bits per heavy atom. The lowest BCUT2D eigenvalue weighted by molar-refractivity contribution is 0.0698. The number of anilines is 1. The number of para-hydroxylation sites is 1. The number of carbonyl (C=O) groups excluding carboxylic acids is 1. The number of carboxylic acids is 1. The topological polar surface area (TPSA) is 66.4 Å². The summed E-state index contributed by atoms with van der Waals surface area (Å²) in [4.78, 5) is 23.4. The summed E-state index contributed by atoms with van der Waals surface area (Å²) in [5.74, 6) is -1.60. The molecule has 0 saturated heterocycles. The van der Waals surface area contributed by atoms with Crippen molar-refractivity contribution in [3.63, 3.8) is 0 Å². The van der Waals surface area contributed by atoms with Crippen molar-refractivity contribution in [1.29, 1.82) is 0 Å². The van der Waals surface area contributed by atoms with Gasteiger partial charge in [0.1, 0.15) is 0 Å². The Kier molecular flexibility index (Phi) is 5.08. The summed E-state index contributed by atoms with van der Waals surface area (Å²) in [6, 6.07) is 9.16. The largest absolute Gasteiger partial charge is 0.478 e. The molecule has 0 saturated carbocycles. The predicted octanol–water partition coefficient (Wildman–Crippen LogP) is 4.55. The van der Waals surface area contributed by atoms with Crippen LogP contribution in [0.3, 0.4) is 0 Å². The Bertz CT molecular complexity index is 734. The number of nitrogens with one attached hydrogen (secondary N) is 1. The van der Waals surface area contributed by atoms with Crippen LogP contribution in [0, 0.1) is 3.57 Å². The van der Waals surface area contributed by atoms with Crippen molar-refractivity contribution in [1.82, 2.24) is 0 Å². The molecule has 108 valence electrons. The smallest absolute Gasteiger partial charge is 0.337 e. The maximum Gasteiger partial charge on any atom is 0.337 e. The Morgan fingerprint density at radius 2 is 1.76 bits per heavy atom. The zero-order valence-corrected chi connectivity index (χ0v) is 14.0. The van der Waals surface area contributed by atoms with Gasteiger partial charge >= 0.3 is 5.97 Å². The first kappa shape index (κ1) is 16.1. The minimum atomic E-state index is -1.12. The molecule has 2 N–H and O–H groups in total. The van der Waals surface area contributed by atoms with Gasteiger partial charge < -0.3 is 10.4 Å². The van der Waals surface area contributed by atoms with Crippen LogP contribution in [-0.4, -0.2) is 17.0 Å². The Morgan fingerprint density at radius 3 is 2.43 bits per heavy atom. The second-order valence-electron chi connectivity index (χ2n) is 4.05. The fourth-order valence-electron chi connectivity index (χ4n) is 1.69. The number of hydrogen-bond acceptors (Lipinski definition) is 2. The summed E-state index contributed by atoms with van der Waals surface area (Å²) in [7, 11) is 0. The van der Waals surface area contributed by atoms with Crippen LogP contribution in [0.25, 0.3) is 0 Å². The maximum atomic E-state index is 12.3. The van der Waals surface area contributed by atoms with Gasteiger partial charge in [0.2, 0.25) is 0 Å². The Balaban J connectivity index is 2.38. The van der Waals surface area contributed by atoms with Crippen molar-refractivity contribution in [3.8, 4) is 0 Å². The van der Waals surface area contributed by atoms with Gasteiger partial charge in [-0.15, -0.1) is 0 Å². The van der Waals surface area contributed by atoms with Crippen molar-refractivity contribution < 1.29 is 14.7 Å². The summed E-state index contributed by atoms with van der Waals surface area (Å²) < 4.78 is 0.545. The molecule has 0 aliphatic carbocycles. The fourth-order valence-corrected chi connectivity index (χ4v) is 2.74. The van der Waals surface area contributed by atoms with E-state index in [1.807, 2.05) is 22.6 Å². The van der Waals surface area contributed by atoms with Crippen LogP contribution in [0.5, 0.6) is 0 Å². The molecular formula is C14H8Cl2INO3. The van der Waals surface area contributed by atoms with Gasteiger partial charge in [-0.2, -0.15) is 0 Å². The molecule has 0 aliphatic rings. The Labute approximate surface area is 144 Å². The molecule has 0 aliphatic heterocycles. The van der Waals surface area contributed by atoms with Crippen molar-refractivity contribution in [2.75, 3.05) is 5.32 Å². The van der Waals surface area contributed by atoms with Crippen LogP contribution in [0.15, 0.2) is 36.4 Å². The highest BCUT2D eigenvalue weighted by atomic mass is 127. The van der Waals surface area contributed by atoms with Gasteiger partial charge in [0.05, 0.1) is 21.8 Å². The minimum Gasteiger partial charge on any atom is -0.478 e. The molecule has 2 aromatic rings. The number of amides is 1. The number of aromatic carboxylic acids is 1. The second-order valence-corrected chi connectivity index (χ2v) is 5.98. The van der Waals surface area contributed by atoms with E-state index in [0.717, 1.165) is 0 Å². The van der Waals surface area contributed by atoms with Crippen molar-refractivity contribution >= 4 is 63.4 Å². The van der Waals surface area contributed by atoms with Crippen LogP contribution in [0.2, 0.25) is 10.0 Å². The van der Waals surface area contributed by atoms with Gasteiger partial charge in [-0.25, -0.2) is 4.79 Å². The first-order valence-electron chi connectivity index (χ1n) is 5.68. The summed E-state index contributed by atoms with van der Waals surface area (Å²) in [6.45, 7) is 0. The van der Waals surface area contributed by atoms with Gasteiger partial charge in [-0.05, 0) is 46.9 Å². The van der Waals surface area contributed by atoms with Gasteiger partial charge in [-0.1, -0.05) is 35.3 Å². The minimum absolute atomic E-state index is 0.00832. The van der Waals surface area contributed by atoms with Crippen LogP contribution >= 0.6 is 45.8 Å². The third-order valence-electron chi connectivity index (χ3n) is 2.64. The van der Waals surface area contributed by atoms with E-state index in [0.29, 0.717) is 13.6 Å². The zero-order valence-electron chi connectivity index (χ0n) is 10.4. The van der Waals surface area contributed by atoms with Crippen molar-refractivity contribution in [3.05, 3.63) is 61.1 Å². The van der Waals surface area contributed by atoms with E-state index in [4.69, 9.17) is 28.3 Å². The molecule has 0 heterocycles. The molecule has 1 amide bonds. The lowest BCUT2D eigenvalue weighted by Crippen LogP contribution is -2.16. The SMILES string of the molecule is O=C(O)c1ccccc1NC(=O)c1cc(Cl)cc(Cl)c1I. The molecule has 0 unspecified atom stereocenters. The molecule has 2 rings (SSSR count). The molecule has 4 nitrogen and oxygen atoms in total. The number of halogens is 3. The number of hydrogen-bond donors (Lipinski definition) is 2. The van der Waals surface area contributed by atoms with Crippen LogP contribution in [0.4, 0.5) is 5.69 Å². The average molecular weight is 436 g/mol. The maximum absolute atomic E-state index is 12.3. The molecule has 0 spiro atoms. The monoisotopic (exact) mass is 435 g/mol. The highest BCUT2D eigenvalue weighted by molar-refractivity contribution is 14.1. The van der Waals surface area contributed by atoms with E-state index in [1.54, 1.807) is 12.1 Å². The van der Waals surface area contributed by atoms with E-state index >= 15 is 0 Å². The van der Waals surface area contributed by atoms with Crippen molar-refractivity contribution in [2.24, 2.45) is 0 Å². The van der Waals surface area contributed by atoms with Gasteiger partial charge in [0.15, 0.2) is 0 Å². The summed E-state index contributed by atoms with van der Waals surface area (Å²) in [5, 5.41) is 12.4. The van der Waals surface area contributed by atoms with E-state index in [1.165, 1.54) is 24.3 Å². The highest BCUT2D eigenvalue weighted by Crippen LogP contribution is 2.27. The molecule has 21 heavy (non-hydrogen) atoms. The lowest BCUT2D eigenvalue weighted by Gasteiger charge is -2.10. The quantitative estimate of drug-likeness (QED) is 0.549. The van der Waals surface area contributed by atoms with Crippen LogP contribution < -0.4 is 5.32 Å². The van der Waals surface area contributed by atoms with Gasteiger partial charge in [0.25, 0.3) is 5.91 Å². The lowest BCUT2D eigenvalue weighted by atomic mass is 10.1. The zero-order chi connectivity index (χ0) is 15.6. The van der Waals surface area contributed by atoms with E-state index in [9.17, 15) is 9.59 Å². The number of benzene rings is 2. The molecular weight excluding hydrogens is 428 g/mol. The molecule has 0 bridgehead atoms. The van der Waals surface area contributed by atoms with Crippen molar-refractivity contribution in [2.45, 2.75) is 0 Å². The predicted molar refractivity (Wildman–Crippen MR) is 90.5 cm³/mol. The van der Waals surface area contributed by atoms with Gasteiger partial charge in [0, 0.05) is 8.59 Å². The summed E-state index contributed by atoms with van der Waals surface area (Å²) in [5.41, 5.74) is 0.504. The molecule has 0 aromatic heterocycles. The second kappa shape index (κ2) is 6.64. The number of carbonyl (C=O) groups is 2. The normalized spacial score (nSPS) is 10.2. The first-order chi connectivity index (χ1) is 9.90. The number of carboxylic acid groups (broad SMARTS) is 1. The van der Waals surface area contributed by atoms with Crippen LogP contribution in [-0.2, 0) is 0 Å². The first-order valence-corrected chi connectivity index (χ1v) is 7.52. The van der Waals surface area contributed by atoms with E-state index < -0.39 is 11.9 Å². The molecule has 0 fully saturated rings. The summed E-state index contributed by atoms with van der Waals surface area (Å²) >= 11 is 13.8. The Hall–Kier alpha value is -1.31. The van der Waals surface area contributed by atoms with E-state index in [2.05, 4.69) is 5.32 Å². The molecule has 7 heteroatoms. The molecule has 0 radical (unpaired) electrons. The van der Waals surface area contributed by atoms with Crippen LogP contribution in [0.1, 0.15) is 20.7 Å². The number of rotatable bonds is 3. The highest BCUT2D eigenvalue weighted by Gasteiger charge is 2.17. The average Bonchev–Trinajstić information content (AvgIpc) is 2.43.